The first-order valence-corrected chi connectivity index (χ1v) is 9.21. The van der Waals surface area contributed by atoms with E-state index in [9.17, 15) is 9.18 Å². The van der Waals surface area contributed by atoms with E-state index in [0.29, 0.717) is 29.6 Å². The van der Waals surface area contributed by atoms with Gasteiger partial charge in [-0.2, -0.15) is 14.6 Å². The summed E-state index contributed by atoms with van der Waals surface area (Å²) in [6, 6.07) is 8.09. The Kier molecular flexibility index (Phi) is 3.57. The molecular weight excluding hydrogens is 369 g/mol. The highest BCUT2D eigenvalue weighted by Crippen LogP contribution is 2.29. The Labute approximate surface area is 157 Å². The number of ether oxygens (including phenoxy) is 1. The Balaban J connectivity index is 1.29. The van der Waals surface area contributed by atoms with Crippen molar-refractivity contribution in [3.8, 4) is 5.88 Å². The Morgan fingerprint density at radius 2 is 2.15 bits per heavy atom. The van der Waals surface area contributed by atoms with Gasteiger partial charge in [-0.3, -0.25) is 4.79 Å². The van der Waals surface area contributed by atoms with Gasteiger partial charge in [0.05, 0.1) is 18.0 Å². The molecule has 1 aromatic carbocycles. The van der Waals surface area contributed by atoms with Gasteiger partial charge in [0, 0.05) is 16.5 Å². The quantitative estimate of drug-likeness (QED) is 0.544. The number of hydrogen-bond donors (Lipinski definition) is 0. The number of aromatic nitrogens is 4. The van der Waals surface area contributed by atoms with Gasteiger partial charge in [-0.05, 0) is 36.6 Å². The van der Waals surface area contributed by atoms with Gasteiger partial charge in [-0.25, -0.2) is 9.37 Å². The number of likely N-dealkylation sites (tertiary alicyclic amines) is 1. The minimum atomic E-state index is -0.302. The van der Waals surface area contributed by atoms with Crippen LogP contribution in [-0.4, -0.2) is 49.6 Å². The molecule has 0 aliphatic carbocycles. The van der Waals surface area contributed by atoms with Gasteiger partial charge in [0.25, 0.3) is 11.7 Å². The van der Waals surface area contributed by atoms with Gasteiger partial charge in [-0.1, -0.05) is 0 Å². The minimum Gasteiger partial charge on any atom is -0.470 e. The maximum absolute atomic E-state index is 13.3. The zero-order chi connectivity index (χ0) is 18.5. The Morgan fingerprint density at radius 1 is 1.30 bits per heavy atom. The average Bonchev–Trinajstić information content (AvgIpc) is 3.22. The fraction of sp³-hybridized carbons (Fsp3) is 0.222. The molecule has 0 atom stereocenters. The first-order chi connectivity index (χ1) is 13.1. The first kappa shape index (κ1) is 16.1. The summed E-state index contributed by atoms with van der Waals surface area (Å²) in [5, 5.41) is 4.86. The van der Waals surface area contributed by atoms with E-state index in [0.717, 1.165) is 15.8 Å². The van der Waals surface area contributed by atoms with Crippen molar-refractivity contribution < 1.29 is 13.9 Å². The fourth-order valence-electron chi connectivity index (χ4n) is 3.11. The molecule has 1 saturated heterocycles. The molecule has 1 amide bonds. The lowest BCUT2D eigenvalue weighted by Crippen LogP contribution is -2.56. The van der Waals surface area contributed by atoms with Crippen LogP contribution in [0.25, 0.3) is 15.9 Å². The highest BCUT2D eigenvalue weighted by atomic mass is 32.1. The van der Waals surface area contributed by atoms with E-state index in [4.69, 9.17) is 4.74 Å². The first-order valence-electron chi connectivity index (χ1n) is 8.39. The molecule has 1 fully saturated rings. The molecule has 9 heteroatoms. The van der Waals surface area contributed by atoms with Crippen LogP contribution in [0.3, 0.4) is 0 Å². The molecule has 0 bridgehead atoms. The van der Waals surface area contributed by atoms with Crippen molar-refractivity contribution >= 4 is 33.1 Å². The second-order valence-electron chi connectivity index (χ2n) is 6.45. The molecule has 1 aliphatic rings. The molecule has 27 heavy (non-hydrogen) atoms. The van der Waals surface area contributed by atoms with Gasteiger partial charge in [0.1, 0.15) is 18.2 Å². The van der Waals surface area contributed by atoms with Gasteiger partial charge < -0.3 is 9.64 Å². The molecule has 7 nitrogen and oxygen atoms in total. The number of fused-ring (bicyclic) bond motifs is 2. The van der Waals surface area contributed by atoms with E-state index in [1.165, 1.54) is 34.3 Å². The van der Waals surface area contributed by atoms with E-state index >= 15 is 0 Å². The molecule has 0 N–H and O–H groups in total. The summed E-state index contributed by atoms with van der Waals surface area (Å²) in [6.07, 6.45) is 1.31. The molecular formula is C18H14FN5O2S. The van der Waals surface area contributed by atoms with E-state index in [1.54, 1.807) is 23.1 Å². The fourth-order valence-corrected chi connectivity index (χ4v) is 4.12. The summed E-state index contributed by atoms with van der Waals surface area (Å²) < 4.78 is 21.7. The number of rotatable bonds is 3. The molecule has 0 unspecified atom stereocenters. The third kappa shape index (κ3) is 2.80. The minimum absolute atomic E-state index is 0.0618. The Morgan fingerprint density at radius 3 is 3.00 bits per heavy atom. The maximum Gasteiger partial charge on any atom is 0.264 e. The van der Waals surface area contributed by atoms with Crippen molar-refractivity contribution in [1.82, 2.24) is 24.5 Å². The Hall–Kier alpha value is -3.07. The number of halogens is 1. The van der Waals surface area contributed by atoms with Gasteiger partial charge in [0.15, 0.2) is 0 Å². The van der Waals surface area contributed by atoms with Gasteiger partial charge in [-0.15, -0.1) is 11.3 Å². The van der Waals surface area contributed by atoms with Crippen molar-refractivity contribution in [3.05, 3.63) is 53.0 Å². The van der Waals surface area contributed by atoms with Crippen LogP contribution in [0.15, 0.2) is 36.7 Å². The van der Waals surface area contributed by atoms with Crippen LogP contribution >= 0.6 is 11.3 Å². The summed E-state index contributed by atoms with van der Waals surface area (Å²) in [7, 11) is 0. The van der Waals surface area contributed by atoms with Crippen molar-refractivity contribution in [2.45, 2.75) is 13.0 Å². The zero-order valence-corrected chi connectivity index (χ0v) is 15.1. The predicted molar refractivity (Wildman–Crippen MR) is 97.6 cm³/mol. The second-order valence-corrected chi connectivity index (χ2v) is 7.53. The maximum atomic E-state index is 13.3. The SMILES string of the molecule is Cc1cc(OC2CN(C(=O)c3cc4cc(F)ccc4s3)C2)n2ncnc2n1. The highest BCUT2D eigenvalue weighted by molar-refractivity contribution is 7.20. The molecule has 136 valence electrons. The van der Waals surface area contributed by atoms with Crippen molar-refractivity contribution in [1.29, 1.82) is 0 Å². The number of aryl methyl sites for hydroxylation is 1. The summed E-state index contributed by atoms with van der Waals surface area (Å²) in [4.78, 5) is 23.3. The molecule has 1 aliphatic heterocycles. The third-order valence-corrected chi connectivity index (χ3v) is 5.56. The van der Waals surface area contributed by atoms with E-state index in [-0.39, 0.29) is 17.8 Å². The molecule has 0 saturated carbocycles. The number of hydrogen-bond acceptors (Lipinski definition) is 6. The van der Waals surface area contributed by atoms with Gasteiger partial charge in [0.2, 0.25) is 5.88 Å². The number of benzene rings is 1. The molecule has 0 spiro atoms. The summed E-state index contributed by atoms with van der Waals surface area (Å²) >= 11 is 1.37. The molecule has 3 aromatic heterocycles. The van der Waals surface area contributed by atoms with Gasteiger partial charge >= 0.3 is 0 Å². The average molecular weight is 383 g/mol. The largest absolute Gasteiger partial charge is 0.470 e. The lowest BCUT2D eigenvalue weighted by atomic mass is 10.1. The number of nitrogens with zero attached hydrogens (tertiary/aromatic N) is 5. The highest BCUT2D eigenvalue weighted by Gasteiger charge is 2.34. The zero-order valence-electron chi connectivity index (χ0n) is 14.3. The van der Waals surface area contributed by atoms with Crippen molar-refractivity contribution in [3.63, 3.8) is 0 Å². The second kappa shape index (κ2) is 5.98. The lowest BCUT2D eigenvalue weighted by molar-refractivity contribution is 0.0154. The predicted octanol–water partition coefficient (Wildman–Crippen LogP) is 2.69. The van der Waals surface area contributed by atoms with Crippen LogP contribution in [0.2, 0.25) is 0 Å². The molecule has 4 heterocycles. The van der Waals surface area contributed by atoms with Crippen LogP contribution in [0.5, 0.6) is 5.88 Å². The monoisotopic (exact) mass is 383 g/mol. The third-order valence-electron chi connectivity index (χ3n) is 4.46. The number of thiophene rings is 1. The van der Waals surface area contributed by atoms with E-state index in [1.807, 2.05) is 6.92 Å². The topological polar surface area (TPSA) is 72.6 Å². The van der Waals surface area contributed by atoms with Crippen LogP contribution in [0, 0.1) is 12.7 Å². The molecule has 5 rings (SSSR count). The number of carbonyl (C=O) groups is 1. The van der Waals surface area contributed by atoms with Crippen LogP contribution in [-0.2, 0) is 0 Å². The van der Waals surface area contributed by atoms with E-state index < -0.39 is 0 Å². The van der Waals surface area contributed by atoms with Crippen molar-refractivity contribution in [2.75, 3.05) is 13.1 Å². The Bertz CT molecular complexity index is 1180. The van der Waals surface area contributed by atoms with Crippen LogP contribution in [0.4, 0.5) is 4.39 Å². The van der Waals surface area contributed by atoms with Crippen LogP contribution < -0.4 is 4.74 Å². The van der Waals surface area contributed by atoms with Crippen molar-refractivity contribution in [2.24, 2.45) is 0 Å². The smallest absolute Gasteiger partial charge is 0.264 e. The molecule has 4 aromatic rings. The summed E-state index contributed by atoms with van der Waals surface area (Å²) in [5.74, 6) is 0.677. The summed E-state index contributed by atoms with van der Waals surface area (Å²) in [6.45, 7) is 2.83. The summed E-state index contributed by atoms with van der Waals surface area (Å²) in [5.41, 5.74) is 0.787. The van der Waals surface area contributed by atoms with E-state index in [2.05, 4.69) is 15.1 Å². The van der Waals surface area contributed by atoms with Crippen LogP contribution in [0.1, 0.15) is 15.4 Å². The number of carbonyl (C=O) groups excluding carboxylic acids is 1. The number of amides is 1. The lowest BCUT2D eigenvalue weighted by Gasteiger charge is -2.38. The normalized spacial score (nSPS) is 14.7. The standard InChI is InChI=1S/C18H14FN5O2S/c1-10-4-16(24-18(22-10)20-9-21-24)26-13-7-23(8-13)17(25)15-6-11-5-12(19)2-3-14(11)27-15/h2-6,9,13H,7-8H2,1H3. The molecule has 0 radical (unpaired) electrons.